The minimum absolute atomic E-state index is 0.0414. The van der Waals surface area contributed by atoms with Crippen LogP contribution < -0.4 is 5.32 Å². The number of carbonyl (C=O) groups is 1. The topological polar surface area (TPSA) is 112 Å². The Labute approximate surface area is 154 Å². The van der Waals surface area contributed by atoms with Crippen LogP contribution >= 0.6 is 0 Å². The van der Waals surface area contributed by atoms with Gasteiger partial charge in [-0.3, -0.25) is 4.79 Å². The monoisotopic (exact) mass is 366 g/mol. The highest BCUT2D eigenvalue weighted by molar-refractivity contribution is 5.91. The molecule has 0 fully saturated rings. The summed E-state index contributed by atoms with van der Waals surface area (Å²) in [5, 5.41) is 15.0. The van der Waals surface area contributed by atoms with E-state index >= 15 is 0 Å². The fourth-order valence-electron chi connectivity index (χ4n) is 2.79. The van der Waals surface area contributed by atoms with Crippen LogP contribution in [0.4, 0.5) is 0 Å². The second-order valence-electron chi connectivity index (χ2n) is 6.55. The number of amides is 1. The molecule has 0 unspecified atom stereocenters. The molecule has 9 heteroatoms. The van der Waals surface area contributed by atoms with E-state index in [0.29, 0.717) is 11.7 Å². The molecule has 0 bridgehead atoms. The summed E-state index contributed by atoms with van der Waals surface area (Å²) >= 11 is 0. The minimum Gasteiger partial charge on any atom is -0.459 e. The standard InChI is InChI=1S/C18H18N6O3/c1-10(2)15(19-17(25)14-5-4-8-26-14)18-20-16(22-27-18)11-6-7-13-12(9-11)21-23-24(13)3/h4-10,15H,1-3H3,(H,19,25)/t15-/m0/s1. The molecule has 1 amide bonds. The quantitative estimate of drug-likeness (QED) is 0.578. The number of aryl methyl sites for hydroxylation is 1. The Hall–Kier alpha value is -3.49. The van der Waals surface area contributed by atoms with Crippen LogP contribution in [0.5, 0.6) is 0 Å². The maximum absolute atomic E-state index is 12.3. The van der Waals surface area contributed by atoms with Crippen molar-refractivity contribution in [3.8, 4) is 11.4 Å². The Balaban J connectivity index is 1.61. The van der Waals surface area contributed by atoms with Gasteiger partial charge in [0.2, 0.25) is 11.7 Å². The van der Waals surface area contributed by atoms with Crippen molar-refractivity contribution in [3.63, 3.8) is 0 Å². The van der Waals surface area contributed by atoms with Crippen LogP contribution in [0.15, 0.2) is 45.5 Å². The number of aromatic nitrogens is 5. The average molecular weight is 366 g/mol. The molecule has 0 aliphatic rings. The summed E-state index contributed by atoms with van der Waals surface area (Å²) in [5.41, 5.74) is 2.42. The van der Waals surface area contributed by atoms with E-state index in [1.807, 2.05) is 39.1 Å². The van der Waals surface area contributed by atoms with E-state index in [9.17, 15) is 4.79 Å². The van der Waals surface area contributed by atoms with Crippen LogP contribution in [0.3, 0.4) is 0 Å². The predicted octanol–water partition coefficient (Wildman–Crippen LogP) is 2.74. The van der Waals surface area contributed by atoms with Gasteiger partial charge in [-0.25, -0.2) is 4.68 Å². The lowest BCUT2D eigenvalue weighted by atomic mass is 10.0. The third-order valence-corrected chi connectivity index (χ3v) is 4.27. The number of benzene rings is 1. The maximum atomic E-state index is 12.3. The second-order valence-corrected chi connectivity index (χ2v) is 6.55. The van der Waals surface area contributed by atoms with Crippen LogP contribution in [0.1, 0.15) is 36.3 Å². The van der Waals surface area contributed by atoms with Crippen LogP contribution in [0.2, 0.25) is 0 Å². The summed E-state index contributed by atoms with van der Waals surface area (Å²) in [6.07, 6.45) is 1.45. The fraction of sp³-hybridized carbons (Fsp3) is 0.278. The summed E-state index contributed by atoms with van der Waals surface area (Å²) < 4.78 is 12.3. The molecule has 3 heterocycles. The Kier molecular flexibility index (Phi) is 4.19. The molecule has 138 valence electrons. The zero-order valence-corrected chi connectivity index (χ0v) is 15.1. The Morgan fingerprint density at radius 1 is 1.26 bits per heavy atom. The van der Waals surface area contributed by atoms with Gasteiger partial charge in [0, 0.05) is 12.6 Å². The molecule has 0 saturated heterocycles. The zero-order valence-electron chi connectivity index (χ0n) is 15.1. The normalized spacial score (nSPS) is 12.6. The highest BCUT2D eigenvalue weighted by atomic mass is 16.5. The summed E-state index contributed by atoms with van der Waals surface area (Å²) in [5.74, 6) is 0.696. The van der Waals surface area contributed by atoms with Crippen molar-refractivity contribution in [2.45, 2.75) is 19.9 Å². The number of rotatable bonds is 5. The lowest BCUT2D eigenvalue weighted by Gasteiger charge is -2.17. The molecule has 1 aromatic carbocycles. The van der Waals surface area contributed by atoms with E-state index in [0.717, 1.165) is 16.6 Å². The number of furan rings is 1. The molecule has 0 aliphatic carbocycles. The van der Waals surface area contributed by atoms with Crippen molar-refractivity contribution in [2.24, 2.45) is 13.0 Å². The van der Waals surface area contributed by atoms with Gasteiger partial charge in [0.25, 0.3) is 5.91 Å². The van der Waals surface area contributed by atoms with Crippen molar-refractivity contribution in [3.05, 3.63) is 48.2 Å². The van der Waals surface area contributed by atoms with Crippen molar-refractivity contribution in [1.82, 2.24) is 30.5 Å². The molecular weight excluding hydrogens is 348 g/mol. The molecule has 4 rings (SSSR count). The number of hydrogen-bond acceptors (Lipinski definition) is 7. The summed E-state index contributed by atoms with van der Waals surface area (Å²) in [6.45, 7) is 3.92. The Morgan fingerprint density at radius 3 is 2.85 bits per heavy atom. The highest BCUT2D eigenvalue weighted by Gasteiger charge is 2.26. The summed E-state index contributed by atoms with van der Waals surface area (Å²) in [4.78, 5) is 16.8. The summed E-state index contributed by atoms with van der Waals surface area (Å²) in [7, 11) is 1.83. The van der Waals surface area contributed by atoms with Gasteiger partial charge < -0.3 is 14.3 Å². The van der Waals surface area contributed by atoms with E-state index in [1.54, 1.807) is 16.8 Å². The van der Waals surface area contributed by atoms with E-state index in [-0.39, 0.29) is 17.6 Å². The van der Waals surface area contributed by atoms with Crippen LogP contribution in [-0.4, -0.2) is 31.0 Å². The average Bonchev–Trinajstić information content (AvgIpc) is 3.40. The van der Waals surface area contributed by atoms with Crippen molar-refractivity contribution < 1.29 is 13.7 Å². The molecule has 3 aromatic heterocycles. The third kappa shape index (κ3) is 3.19. The Morgan fingerprint density at radius 2 is 2.11 bits per heavy atom. The molecule has 4 aromatic rings. The van der Waals surface area contributed by atoms with E-state index in [1.165, 1.54) is 6.26 Å². The molecule has 0 saturated carbocycles. The number of nitrogens with one attached hydrogen (secondary N) is 1. The SMILES string of the molecule is CC(C)[C@H](NC(=O)c1ccco1)c1nc(-c2ccc3c(c2)nnn3C)no1. The molecule has 0 radical (unpaired) electrons. The smallest absolute Gasteiger partial charge is 0.287 e. The number of nitrogens with zero attached hydrogens (tertiary/aromatic N) is 5. The number of hydrogen-bond donors (Lipinski definition) is 1. The maximum Gasteiger partial charge on any atom is 0.287 e. The molecule has 0 spiro atoms. The summed E-state index contributed by atoms with van der Waals surface area (Å²) in [6, 6.07) is 8.45. The van der Waals surface area contributed by atoms with Gasteiger partial charge in [-0.1, -0.05) is 24.2 Å². The van der Waals surface area contributed by atoms with Gasteiger partial charge >= 0.3 is 0 Å². The molecule has 0 aliphatic heterocycles. The van der Waals surface area contributed by atoms with Gasteiger partial charge in [0.1, 0.15) is 11.6 Å². The predicted molar refractivity (Wildman–Crippen MR) is 95.6 cm³/mol. The fourth-order valence-corrected chi connectivity index (χ4v) is 2.79. The van der Waals surface area contributed by atoms with Gasteiger partial charge in [0.05, 0.1) is 11.8 Å². The first-order chi connectivity index (χ1) is 13.0. The van der Waals surface area contributed by atoms with Gasteiger partial charge in [-0.15, -0.1) is 5.10 Å². The highest BCUT2D eigenvalue weighted by Crippen LogP contribution is 2.25. The van der Waals surface area contributed by atoms with E-state index in [4.69, 9.17) is 8.94 Å². The first kappa shape index (κ1) is 17.0. The molecule has 1 N–H and O–H groups in total. The van der Waals surface area contributed by atoms with Crippen molar-refractivity contribution in [2.75, 3.05) is 0 Å². The Bertz CT molecular complexity index is 1080. The van der Waals surface area contributed by atoms with Gasteiger partial charge in [-0.05, 0) is 36.2 Å². The number of fused-ring (bicyclic) bond motifs is 1. The van der Waals surface area contributed by atoms with Crippen LogP contribution in [0.25, 0.3) is 22.4 Å². The lowest BCUT2D eigenvalue weighted by molar-refractivity contribution is 0.0885. The first-order valence-corrected chi connectivity index (χ1v) is 8.50. The lowest BCUT2D eigenvalue weighted by Crippen LogP contribution is -2.31. The van der Waals surface area contributed by atoms with Crippen molar-refractivity contribution in [1.29, 1.82) is 0 Å². The third-order valence-electron chi connectivity index (χ3n) is 4.27. The largest absolute Gasteiger partial charge is 0.459 e. The number of carbonyl (C=O) groups excluding carboxylic acids is 1. The van der Waals surface area contributed by atoms with Gasteiger partial charge in [0.15, 0.2) is 5.76 Å². The molecule has 9 nitrogen and oxygen atoms in total. The second kappa shape index (κ2) is 6.67. The minimum atomic E-state index is -0.441. The van der Waals surface area contributed by atoms with Crippen LogP contribution in [0, 0.1) is 5.92 Å². The molecule has 1 atom stereocenters. The van der Waals surface area contributed by atoms with E-state index < -0.39 is 6.04 Å². The van der Waals surface area contributed by atoms with Gasteiger partial charge in [-0.2, -0.15) is 4.98 Å². The molecule has 27 heavy (non-hydrogen) atoms. The van der Waals surface area contributed by atoms with Crippen LogP contribution in [-0.2, 0) is 7.05 Å². The zero-order chi connectivity index (χ0) is 19.0. The van der Waals surface area contributed by atoms with E-state index in [2.05, 4.69) is 25.8 Å². The molecular formula is C18H18N6O3. The first-order valence-electron chi connectivity index (χ1n) is 8.50. The van der Waals surface area contributed by atoms with Crippen molar-refractivity contribution >= 4 is 16.9 Å².